The van der Waals surface area contributed by atoms with E-state index in [9.17, 15) is 0 Å². The Morgan fingerprint density at radius 2 is 2.05 bits per heavy atom. The van der Waals surface area contributed by atoms with Crippen molar-refractivity contribution in [3.63, 3.8) is 0 Å². The Balaban J connectivity index is 2.04. The topological polar surface area (TPSA) is 38.0 Å². The highest BCUT2D eigenvalue weighted by molar-refractivity contribution is 5.74. The summed E-state index contributed by atoms with van der Waals surface area (Å²) in [6.45, 7) is 12.0. The molecule has 0 amide bonds. The molecule has 1 fully saturated rings. The first-order valence-electron chi connectivity index (χ1n) is 7.67. The Bertz CT molecular complexity index is 479. The minimum absolute atomic E-state index is 0.262. The van der Waals surface area contributed by atoms with Crippen LogP contribution >= 0.6 is 0 Å². The number of nitrogens with two attached hydrogens (primary N) is 1. The molecule has 0 spiro atoms. The zero-order chi connectivity index (χ0) is 14.8. The molecule has 0 radical (unpaired) electrons. The third-order valence-electron chi connectivity index (χ3n) is 4.01. The van der Waals surface area contributed by atoms with Gasteiger partial charge in [-0.3, -0.25) is 0 Å². The van der Waals surface area contributed by atoms with Crippen LogP contribution in [0.3, 0.4) is 0 Å². The van der Waals surface area contributed by atoms with Gasteiger partial charge in [0, 0.05) is 6.54 Å². The molecule has 0 unspecified atom stereocenters. The van der Waals surface area contributed by atoms with Gasteiger partial charge in [-0.2, -0.15) is 0 Å². The summed E-state index contributed by atoms with van der Waals surface area (Å²) < 4.78 is 0. The first-order chi connectivity index (χ1) is 9.35. The molecular formula is C18H28N2. The number of nitrogens with one attached hydrogen (secondary N) is 1. The van der Waals surface area contributed by atoms with Crippen LogP contribution < -0.4 is 11.1 Å². The Hall–Kier alpha value is -1.44. The van der Waals surface area contributed by atoms with E-state index in [1.807, 2.05) is 6.07 Å². The van der Waals surface area contributed by atoms with E-state index < -0.39 is 0 Å². The van der Waals surface area contributed by atoms with Crippen molar-refractivity contribution in [3.8, 4) is 0 Å². The minimum atomic E-state index is 0.262. The molecule has 1 saturated carbocycles. The SMILES string of the molecule is C=C(CC(C)(C)C)c1ccc(N)c(NCC2CCC2)c1. The first-order valence-corrected chi connectivity index (χ1v) is 7.67. The van der Waals surface area contributed by atoms with Crippen molar-refractivity contribution in [1.82, 2.24) is 0 Å². The molecule has 1 aromatic carbocycles. The van der Waals surface area contributed by atoms with Crippen LogP contribution in [0.15, 0.2) is 24.8 Å². The van der Waals surface area contributed by atoms with Gasteiger partial charge < -0.3 is 11.1 Å². The predicted molar refractivity (Wildman–Crippen MR) is 89.8 cm³/mol. The van der Waals surface area contributed by atoms with Crippen LogP contribution in [0.25, 0.3) is 5.57 Å². The van der Waals surface area contributed by atoms with Crippen LogP contribution in [0.4, 0.5) is 11.4 Å². The molecule has 0 saturated heterocycles. The average Bonchev–Trinajstić information content (AvgIpc) is 2.27. The number of rotatable bonds is 5. The van der Waals surface area contributed by atoms with Gasteiger partial charge >= 0.3 is 0 Å². The predicted octanol–water partition coefficient (Wildman–Crippen LogP) is 4.93. The maximum Gasteiger partial charge on any atom is 0.0580 e. The molecular weight excluding hydrogens is 244 g/mol. The highest BCUT2D eigenvalue weighted by atomic mass is 14.9. The molecule has 20 heavy (non-hydrogen) atoms. The Kier molecular flexibility index (Phi) is 4.42. The van der Waals surface area contributed by atoms with Crippen LogP contribution in [0.2, 0.25) is 0 Å². The van der Waals surface area contributed by atoms with Gasteiger partial charge in [0.2, 0.25) is 0 Å². The minimum Gasteiger partial charge on any atom is -0.397 e. The van der Waals surface area contributed by atoms with Crippen molar-refractivity contribution in [2.24, 2.45) is 11.3 Å². The molecule has 110 valence electrons. The summed E-state index contributed by atoms with van der Waals surface area (Å²) in [4.78, 5) is 0. The van der Waals surface area contributed by atoms with Gasteiger partial charge in [-0.15, -0.1) is 0 Å². The summed E-state index contributed by atoms with van der Waals surface area (Å²) >= 11 is 0. The van der Waals surface area contributed by atoms with E-state index in [0.717, 1.165) is 30.3 Å². The lowest BCUT2D eigenvalue weighted by atomic mass is 9.85. The molecule has 3 N–H and O–H groups in total. The van der Waals surface area contributed by atoms with E-state index in [1.54, 1.807) is 0 Å². The van der Waals surface area contributed by atoms with Crippen LogP contribution in [0, 0.1) is 11.3 Å². The smallest absolute Gasteiger partial charge is 0.0580 e. The number of hydrogen-bond acceptors (Lipinski definition) is 2. The third kappa shape index (κ3) is 4.03. The third-order valence-corrected chi connectivity index (χ3v) is 4.01. The van der Waals surface area contributed by atoms with E-state index in [0.29, 0.717) is 0 Å². The quantitative estimate of drug-likeness (QED) is 0.746. The molecule has 0 heterocycles. The summed E-state index contributed by atoms with van der Waals surface area (Å²) in [5, 5.41) is 3.51. The fourth-order valence-corrected chi connectivity index (χ4v) is 2.62. The van der Waals surface area contributed by atoms with Crippen LogP contribution in [-0.4, -0.2) is 6.54 Å². The lowest BCUT2D eigenvalue weighted by molar-refractivity contribution is 0.333. The molecule has 1 aliphatic carbocycles. The van der Waals surface area contributed by atoms with Crippen LogP contribution in [0.5, 0.6) is 0 Å². The Morgan fingerprint density at radius 1 is 1.35 bits per heavy atom. The van der Waals surface area contributed by atoms with E-state index in [-0.39, 0.29) is 5.41 Å². The molecule has 0 aromatic heterocycles. The van der Waals surface area contributed by atoms with Crippen molar-refractivity contribution in [2.75, 3.05) is 17.6 Å². The molecule has 1 aliphatic rings. The monoisotopic (exact) mass is 272 g/mol. The summed E-state index contributed by atoms with van der Waals surface area (Å²) in [6.07, 6.45) is 5.08. The second kappa shape index (κ2) is 5.90. The summed E-state index contributed by atoms with van der Waals surface area (Å²) in [5.74, 6) is 0.829. The summed E-state index contributed by atoms with van der Waals surface area (Å²) in [6, 6.07) is 6.23. The maximum absolute atomic E-state index is 6.07. The maximum atomic E-state index is 6.07. The number of benzene rings is 1. The van der Waals surface area contributed by atoms with Crippen molar-refractivity contribution in [3.05, 3.63) is 30.3 Å². The lowest BCUT2D eigenvalue weighted by Gasteiger charge is -2.26. The largest absolute Gasteiger partial charge is 0.397 e. The lowest BCUT2D eigenvalue weighted by Crippen LogP contribution is -2.21. The zero-order valence-electron chi connectivity index (χ0n) is 13.1. The van der Waals surface area contributed by atoms with E-state index in [2.05, 4.69) is 44.8 Å². The molecule has 2 nitrogen and oxygen atoms in total. The van der Waals surface area contributed by atoms with E-state index >= 15 is 0 Å². The number of anilines is 2. The number of hydrogen-bond donors (Lipinski definition) is 2. The molecule has 2 heteroatoms. The van der Waals surface area contributed by atoms with Crippen molar-refractivity contribution in [1.29, 1.82) is 0 Å². The van der Waals surface area contributed by atoms with Crippen molar-refractivity contribution < 1.29 is 0 Å². The molecule has 0 atom stereocenters. The molecule has 1 aromatic rings. The zero-order valence-corrected chi connectivity index (χ0v) is 13.1. The van der Waals surface area contributed by atoms with Crippen molar-refractivity contribution in [2.45, 2.75) is 46.5 Å². The Labute approximate surface area is 123 Å². The van der Waals surface area contributed by atoms with Crippen LogP contribution in [0.1, 0.15) is 52.0 Å². The highest BCUT2D eigenvalue weighted by Crippen LogP contribution is 2.32. The first kappa shape index (κ1) is 15.0. The average molecular weight is 272 g/mol. The van der Waals surface area contributed by atoms with Crippen molar-refractivity contribution >= 4 is 16.9 Å². The standard InChI is InChI=1S/C18H28N2/c1-13(11-18(2,3)4)15-8-9-16(19)17(10-15)20-12-14-6-5-7-14/h8-10,14,20H,1,5-7,11-12,19H2,2-4H3. The molecule has 0 bridgehead atoms. The summed E-state index contributed by atoms with van der Waals surface area (Å²) in [7, 11) is 0. The van der Waals surface area contributed by atoms with Gasteiger partial charge in [0.25, 0.3) is 0 Å². The fraction of sp³-hybridized carbons (Fsp3) is 0.556. The van der Waals surface area contributed by atoms with Gasteiger partial charge in [-0.05, 0) is 53.9 Å². The van der Waals surface area contributed by atoms with Gasteiger partial charge in [0.15, 0.2) is 0 Å². The second-order valence-corrected chi connectivity index (χ2v) is 7.32. The van der Waals surface area contributed by atoms with Crippen LogP contribution in [-0.2, 0) is 0 Å². The fourth-order valence-electron chi connectivity index (χ4n) is 2.62. The van der Waals surface area contributed by atoms with Gasteiger partial charge in [-0.25, -0.2) is 0 Å². The van der Waals surface area contributed by atoms with Gasteiger partial charge in [0.1, 0.15) is 0 Å². The number of nitrogen functional groups attached to an aromatic ring is 1. The second-order valence-electron chi connectivity index (χ2n) is 7.32. The number of allylic oxidation sites excluding steroid dienone is 1. The molecule has 0 aliphatic heterocycles. The summed E-state index contributed by atoms with van der Waals surface area (Å²) in [5.41, 5.74) is 10.6. The molecule has 2 rings (SSSR count). The normalized spacial score (nSPS) is 15.8. The van der Waals surface area contributed by atoms with E-state index in [1.165, 1.54) is 30.4 Å². The van der Waals surface area contributed by atoms with E-state index in [4.69, 9.17) is 5.73 Å². The van der Waals surface area contributed by atoms with Gasteiger partial charge in [-0.1, -0.05) is 39.8 Å². The Morgan fingerprint density at radius 3 is 2.60 bits per heavy atom. The van der Waals surface area contributed by atoms with Gasteiger partial charge in [0.05, 0.1) is 11.4 Å². The highest BCUT2D eigenvalue weighted by Gasteiger charge is 2.17.